The first-order valence-corrected chi connectivity index (χ1v) is 9.40. The van der Waals surface area contributed by atoms with Gasteiger partial charge in [-0.1, -0.05) is 29.3 Å². The van der Waals surface area contributed by atoms with E-state index in [-0.39, 0.29) is 35.3 Å². The molecule has 3 rings (SSSR count). The number of aromatic nitrogens is 1. The number of anilines is 1. The van der Waals surface area contributed by atoms with Gasteiger partial charge in [-0.15, -0.1) is 0 Å². The van der Waals surface area contributed by atoms with E-state index in [9.17, 15) is 4.57 Å². The Labute approximate surface area is 180 Å². The molecule has 5 N–H and O–H groups in total. The summed E-state index contributed by atoms with van der Waals surface area (Å²) in [4.78, 5) is 20.3. The molecule has 0 atom stereocenters. The van der Waals surface area contributed by atoms with E-state index in [0.29, 0.717) is 20.4 Å². The number of nitrogens with one attached hydrogen (secondary N) is 1. The molecule has 0 unspecified atom stereocenters. The van der Waals surface area contributed by atoms with E-state index in [0.717, 1.165) is 5.69 Å². The van der Waals surface area contributed by atoms with Gasteiger partial charge in [0.15, 0.2) is 5.75 Å². The topological polar surface area (TPSA) is 109 Å². The molecular formula is C15H16BrClN2NaO4P. The summed E-state index contributed by atoms with van der Waals surface area (Å²) in [6.45, 7) is 2.04. The Morgan fingerprint density at radius 3 is 2.32 bits per heavy atom. The van der Waals surface area contributed by atoms with Crippen molar-refractivity contribution in [3.8, 4) is 5.75 Å². The van der Waals surface area contributed by atoms with E-state index in [4.69, 9.17) is 27.1 Å². The maximum atomic E-state index is 10.7. The normalized spacial score (nSPS) is 10.6. The van der Waals surface area contributed by atoms with Gasteiger partial charge in [0.1, 0.15) is 0 Å². The van der Waals surface area contributed by atoms with E-state index in [1.807, 2.05) is 31.2 Å². The first-order chi connectivity index (χ1) is 11.2. The number of halogens is 2. The Bertz CT molecular complexity index is 877. The molecule has 0 aliphatic heterocycles. The number of aromatic amines is 1. The molecule has 3 aromatic rings. The third kappa shape index (κ3) is 6.62. The van der Waals surface area contributed by atoms with Crippen LogP contribution < -0.4 is 10.3 Å². The van der Waals surface area contributed by atoms with Gasteiger partial charge in [0, 0.05) is 16.4 Å². The van der Waals surface area contributed by atoms with Crippen molar-refractivity contribution in [1.29, 1.82) is 0 Å². The second-order valence-electron chi connectivity index (χ2n) is 4.93. The van der Waals surface area contributed by atoms with Gasteiger partial charge in [-0.3, -0.25) is 9.79 Å². The molecule has 0 radical (unpaired) electrons. The van der Waals surface area contributed by atoms with Crippen LogP contribution in [0.15, 0.2) is 47.1 Å². The summed E-state index contributed by atoms with van der Waals surface area (Å²) in [6, 6.07) is 11.2. The van der Waals surface area contributed by atoms with Crippen LogP contribution in [0.1, 0.15) is 5.56 Å². The Kier molecular flexibility index (Phi) is 8.51. The summed E-state index contributed by atoms with van der Waals surface area (Å²) >= 11 is 9.22. The predicted molar refractivity (Wildman–Crippen MR) is 106 cm³/mol. The molecule has 0 saturated carbocycles. The van der Waals surface area contributed by atoms with Crippen molar-refractivity contribution >= 4 is 81.5 Å². The minimum absolute atomic E-state index is 0. The molecule has 0 saturated heterocycles. The van der Waals surface area contributed by atoms with Crippen LogP contribution >= 0.6 is 35.4 Å². The van der Waals surface area contributed by atoms with Gasteiger partial charge >= 0.3 is 37.4 Å². The summed E-state index contributed by atoms with van der Waals surface area (Å²) in [7, 11) is -4.59. The molecule has 0 spiro atoms. The van der Waals surface area contributed by atoms with E-state index in [1.165, 1.54) is 11.8 Å². The van der Waals surface area contributed by atoms with Crippen LogP contribution in [0.3, 0.4) is 0 Å². The van der Waals surface area contributed by atoms with E-state index in [2.05, 4.69) is 25.4 Å². The third-order valence-corrected chi connectivity index (χ3v) is 4.71. The van der Waals surface area contributed by atoms with Gasteiger partial charge < -0.3 is 15.2 Å². The SMILES string of the molecule is Cc1ccc(N)cc1.O=P(O)(O)Oc1c[nH]c2ccc(Br)c(Cl)c12.[NaH]. The number of phosphoric ester groups is 1. The van der Waals surface area contributed by atoms with Crippen LogP contribution in [-0.4, -0.2) is 44.3 Å². The van der Waals surface area contributed by atoms with Gasteiger partial charge in [0.05, 0.1) is 15.9 Å². The van der Waals surface area contributed by atoms with Crippen LogP contribution in [-0.2, 0) is 4.57 Å². The summed E-state index contributed by atoms with van der Waals surface area (Å²) < 4.78 is 15.9. The van der Waals surface area contributed by atoms with Crippen LogP contribution in [0.4, 0.5) is 5.69 Å². The van der Waals surface area contributed by atoms with E-state index >= 15 is 0 Å². The number of aryl methyl sites for hydroxylation is 1. The molecule has 0 amide bonds. The molecule has 130 valence electrons. The number of nitrogens with two attached hydrogens (primary N) is 1. The molecular weight excluding hydrogens is 441 g/mol. The Morgan fingerprint density at radius 2 is 1.80 bits per heavy atom. The minimum atomic E-state index is -4.59. The number of rotatable bonds is 2. The maximum absolute atomic E-state index is 10.7. The van der Waals surface area contributed by atoms with Crippen molar-refractivity contribution in [2.45, 2.75) is 6.92 Å². The zero-order valence-electron chi connectivity index (χ0n) is 12.5. The first kappa shape index (κ1) is 22.5. The summed E-state index contributed by atoms with van der Waals surface area (Å²) in [5, 5.41) is 0.765. The van der Waals surface area contributed by atoms with Crippen molar-refractivity contribution in [3.63, 3.8) is 0 Å². The molecule has 25 heavy (non-hydrogen) atoms. The van der Waals surface area contributed by atoms with Crippen LogP contribution in [0, 0.1) is 6.92 Å². The molecule has 0 aliphatic rings. The predicted octanol–water partition coefficient (Wildman–Crippen LogP) is 3.98. The van der Waals surface area contributed by atoms with Crippen molar-refractivity contribution < 1.29 is 18.9 Å². The second kappa shape index (κ2) is 9.44. The number of phosphoric acid groups is 1. The quantitative estimate of drug-likeness (QED) is 0.264. The molecule has 0 bridgehead atoms. The van der Waals surface area contributed by atoms with Crippen LogP contribution in [0.2, 0.25) is 5.02 Å². The van der Waals surface area contributed by atoms with Crippen LogP contribution in [0.25, 0.3) is 10.9 Å². The van der Waals surface area contributed by atoms with Gasteiger partial charge in [0.2, 0.25) is 0 Å². The molecule has 0 fully saturated rings. The first-order valence-electron chi connectivity index (χ1n) is 6.70. The van der Waals surface area contributed by atoms with Crippen LogP contribution in [0.5, 0.6) is 5.75 Å². The molecule has 0 aliphatic carbocycles. The van der Waals surface area contributed by atoms with Gasteiger partial charge in [-0.2, -0.15) is 0 Å². The average Bonchev–Trinajstić information content (AvgIpc) is 2.88. The number of benzene rings is 2. The summed E-state index contributed by atoms with van der Waals surface area (Å²) in [5.74, 6) is 0.0228. The molecule has 10 heteroatoms. The number of hydrogen-bond donors (Lipinski definition) is 4. The number of nitrogen functional groups attached to an aromatic ring is 1. The molecule has 6 nitrogen and oxygen atoms in total. The van der Waals surface area contributed by atoms with Crippen molar-refractivity contribution in [2.75, 3.05) is 5.73 Å². The Balaban J connectivity index is 0.000000295. The number of fused-ring (bicyclic) bond motifs is 1. The fraction of sp³-hybridized carbons (Fsp3) is 0.0667. The van der Waals surface area contributed by atoms with Gasteiger partial charge in [0.25, 0.3) is 0 Å². The Morgan fingerprint density at radius 1 is 1.20 bits per heavy atom. The fourth-order valence-corrected chi connectivity index (χ4v) is 2.88. The van der Waals surface area contributed by atoms with Gasteiger partial charge in [-0.25, -0.2) is 4.57 Å². The van der Waals surface area contributed by atoms with Gasteiger partial charge in [-0.05, 0) is 47.1 Å². The average molecular weight is 458 g/mol. The summed E-state index contributed by atoms with van der Waals surface area (Å²) in [6.07, 6.45) is 1.35. The van der Waals surface area contributed by atoms with Crippen molar-refractivity contribution in [3.05, 3.63) is 57.7 Å². The Hall–Kier alpha value is -0.500. The molecule has 2 aromatic carbocycles. The van der Waals surface area contributed by atoms with Crippen molar-refractivity contribution in [2.24, 2.45) is 0 Å². The fourth-order valence-electron chi connectivity index (χ4n) is 1.89. The summed E-state index contributed by atoms with van der Waals surface area (Å²) in [5.41, 5.74) is 8.14. The number of hydrogen-bond acceptors (Lipinski definition) is 3. The zero-order valence-corrected chi connectivity index (χ0v) is 15.8. The second-order valence-corrected chi connectivity index (χ2v) is 7.33. The standard InChI is InChI=1S/C8H6BrClNO4P.C7H9N.Na.H/c9-4-1-2-5-7(8(4)10)6(3-11-5)15-16(12,13)14;1-6-2-4-7(8)5-3-6;;/h1-3,11H,(H2,12,13,14);2-5H,8H2,1H3;;. The van der Waals surface area contributed by atoms with E-state index < -0.39 is 7.82 Å². The van der Waals surface area contributed by atoms with E-state index in [1.54, 1.807) is 12.1 Å². The monoisotopic (exact) mass is 456 g/mol. The number of H-pyrrole nitrogens is 1. The van der Waals surface area contributed by atoms with Crippen molar-refractivity contribution in [1.82, 2.24) is 4.98 Å². The molecule has 1 heterocycles. The molecule has 1 aromatic heterocycles. The zero-order chi connectivity index (χ0) is 17.9. The third-order valence-electron chi connectivity index (χ3n) is 2.99.